The maximum absolute atomic E-state index is 4.34. The van der Waals surface area contributed by atoms with Gasteiger partial charge in [-0.15, -0.1) is 5.10 Å². The van der Waals surface area contributed by atoms with E-state index in [4.69, 9.17) is 0 Å². The first-order chi connectivity index (χ1) is 5.72. The quantitative estimate of drug-likeness (QED) is 0.731. The Morgan fingerprint density at radius 2 is 2.25 bits per heavy atom. The molecule has 0 fully saturated rings. The van der Waals surface area contributed by atoms with Crippen LogP contribution in [0, 0.1) is 0 Å². The van der Waals surface area contributed by atoms with Gasteiger partial charge < -0.3 is 0 Å². The summed E-state index contributed by atoms with van der Waals surface area (Å²) in [6.45, 7) is 6.42. The normalized spacial score (nSPS) is 11.0. The number of thioether (sulfide) groups is 1. The van der Waals surface area contributed by atoms with E-state index in [2.05, 4.69) is 36.0 Å². The lowest BCUT2D eigenvalue weighted by Crippen LogP contribution is -1.88. The molecule has 0 amide bonds. The number of nitrogens with zero attached hydrogens (tertiary/aromatic N) is 2. The van der Waals surface area contributed by atoms with Gasteiger partial charge in [0.2, 0.25) is 5.16 Å². The van der Waals surface area contributed by atoms with Gasteiger partial charge in [-0.1, -0.05) is 32.5 Å². The Balaban J connectivity index is 2.52. The Morgan fingerprint density at radius 1 is 1.50 bits per heavy atom. The average molecular weight is 185 g/mol. The summed E-state index contributed by atoms with van der Waals surface area (Å²) in [4.78, 5) is 4.34. The summed E-state index contributed by atoms with van der Waals surface area (Å²) in [7, 11) is 0. The number of aromatic amines is 1. The van der Waals surface area contributed by atoms with Crippen molar-refractivity contribution in [2.75, 3.05) is 0 Å². The highest BCUT2D eigenvalue weighted by molar-refractivity contribution is 7.99. The second-order valence-corrected chi connectivity index (χ2v) is 4.52. The average Bonchev–Trinajstić information content (AvgIpc) is 2.36. The molecule has 0 atom stereocenters. The third-order valence-corrected chi connectivity index (χ3v) is 2.20. The number of hydrogen-bond acceptors (Lipinski definition) is 3. The zero-order chi connectivity index (χ0) is 8.97. The van der Waals surface area contributed by atoms with E-state index in [0.29, 0.717) is 5.25 Å². The molecule has 0 aromatic carbocycles. The predicted octanol–water partition coefficient (Wildman–Crippen LogP) is 2.26. The van der Waals surface area contributed by atoms with E-state index >= 15 is 0 Å². The van der Waals surface area contributed by atoms with Gasteiger partial charge in [-0.05, 0) is 6.42 Å². The molecule has 0 aliphatic rings. The molecule has 1 rings (SSSR count). The second-order valence-electron chi connectivity index (χ2n) is 2.98. The van der Waals surface area contributed by atoms with Crippen LogP contribution in [0.15, 0.2) is 5.16 Å². The molecule has 0 aliphatic carbocycles. The van der Waals surface area contributed by atoms with Crippen LogP contribution in [-0.2, 0) is 6.42 Å². The molecule has 68 valence electrons. The van der Waals surface area contributed by atoms with Crippen LogP contribution in [0.3, 0.4) is 0 Å². The SMILES string of the molecule is CCCc1nc(SC(C)C)n[nH]1. The van der Waals surface area contributed by atoms with E-state index in [-0.39, 0.29) is 0 Å². The van der Waals surface area contributed by atoms with Crippen LogP contribution in [0.1, 0.15) is 33.0 Å². The first kappa shape index (κ1) is 9.58. The Hall–Kier alpha value is -0.510. The standard InChI is InChI=1S/C8H15N3S/c1-4-5-7-9-8(11-10-7)12-6(2)3/h6H,4-5H2,1-3H3,(H,9,10,11). The first-order valence-electron chi connectivity index (χ1n) is 4.30. The summed E-state index contributed by atoms with van der Waals surface area (Å²) >= 11 is 1.69. The molecule has 0 saturated heterocycles. The lowest BCUT2D eigenvalue weighted by atomic mass is 10.3. The number of nitrogens with one attached hydrogen (secondary N) is 1. The summed E-state index contributed by atoms with van der Waals surface area (Å²) in [6.07, 6.45) is 2.10. The number of aryl methyl sites for hydroxylation is 1. The minimum Gasteiger partial charge on any atom is -0.262 e. The number of hydrogen-bond donors (Lipinski definition) is 1. The minimum atomic E-state index is 0.551. The molecule has 3 nitrogen and oxygen atoms in total. The van der Waals surface area contributed by atoms with Crippen molar-refractivity contribution in [1.29, 1.82) is 0 Å². The van der Waals surface area contributed by atoms with Crippen molar-refractivity contribution in [2.24, 2.45) is 0 Å². The molecule has 12 heavy (non-hydrogen) atoms. The summed E-state index contributed by atoms with van der Waals surface area (Å²) < 4.78 is 0. The van der Waals surface area contributed by atoms with Gasteiger partial charge >= 0.3 is 0 Å². The molecular weight excluding hydrogens is 170 g/mol. The van der Waals surface area contributed by atoms with Crippen LogP contribution < -0.4 is 0 Å². The highest BCUT2D eigenvalue weighted by atomic mass is 32.2. The van der Waals surface area contributed by atoms with Crippen LogP contribution in [0.5, 0.6) is 0 Å². The largest absolute Gasteiger partial charge is 0.262 e. The molecule has 0 aliphatic heterocycles. The van der Waals surface area contributed by atoms with Gasteiger partial charge in [-0.3, -0.25) is 5.10 Å². The molecule has 1 heterocycles. The molecule has 0 radical (unpaired) electrons. The highest BCUT2D eigenvalue weighted by Gasteiger charge is 2.04. The van der Waals surface area contributed by atoms with Crippen molar-refractivity contribution in [3.8, 4) is 0 Å². The minimum absolute atomic E-state index is 0.551. The van der Waals surface area contributed by atoms with Crippen molar-refractivity contribution in [3.05, 3.63) is 5.82 Å². The van der Waals surface area contributed by atoms with Gasteiger partial charge in [0, 0.05) is 11.7 Å². The fourth-order valence-electron chi connectivity index (χ4n) is 0.890. The molecule has 1 aromatic rings. The van der Waals surface area contributed by atoms with E-state index in [1.807, 2.05) is 0 Å². The van der Waals surface area contributed by atoms with Gasteiger partial charge in [0.1, 0.15) is 5.82 Å². The smallest absolute Gasteiger partial charge is 0.208 e. The first-order valence-corrected chi connectivity index (χ1v) is 5.18. The summed E-state index contributed by atoms with van der Waals surface area (Å²) in [6, 6.07) is 0. The van der Waals surface area contributed by atoms with Gasteiger partial charge in [0.15, 0.2) is 0 Å². The zero-order valence-electron chi connectivity index (χ0n) is 7.79. The van der Waals surface area contributed by atoms with Crippen LogP contribution in [-0.4, -0.2) is 20.4 Å². The molecule has 4 heteroatoms. The summed E-state index contributed by atoms with van der Waals surface area (Å²) in [5.41, 5.74) is 0. The van der Waals surface area contributed by atoms with Gasteiger partial charge in [-0.25, -0.2) is 4.98 Å². The van der Waals surface area contributed by atoms with E-state index in [0.717, 1.165) is 23.8 Å². The van der Waals surface area contributed by atoms with Crippen molar-refractivity contribution >= 4 is 11.8 Å². The molecule has 0 spiro atoms. The van der Waals surface area contributed by atoms with E-state index in [1.165, 1.54) is 0 Å². The van der Waals surface area contributed by atoms with Gasteiger partial charge in [0.05, 0.1) is 0 Å². The number of H-pyrrole nitrogens is 1. The monoisotopic (exact) mass is 185 g/mol. The molecule has 0 bridgehead atoms. The van der Waals surface area contributed by atoms with Crippen LogP contribution >= 0.6 is 11.8 Å². The lowest BCUT2D eigenvalue weighted by Gasteiger charge is -1.96. The van der Waals surface area contributed by atoms with Crippen molar-refractivity contribution in [1.82, 2.24) is 15.2 Å². The molecule has 0 unspecified atom stereocenters. The van der Waals surface area contributed by atoms with Crippen LogP contribution in [0.4, 0.5) is 0 Å². The Bertz CT molecular complexity index is 232. The fraction of sp³-hybridized carbons (Fsp3) is 0.750. The van der Waals surface area contributed by atoms with Gasteiger partial charge in [-0.2, -0.15) is 0 Å². The Morgan fingerprint density at radius 3 is 2.83 bits per heavy atom. The second kappa shape index (κ2) is 4.50. The summed E-state index contributed by atoms with van der Waals surface area (Å²) in [5.74, 6) is 1.00. The third-order valence-electron chi connectivity index (χ3n) is 1.34. The Labute approximate surface area is 77.4 Å². The highest BCUT2D eigenvalue weighted by Crippen LogP contribution is 2.17. The van der Waals surface area contributed by atoms with Crippen LogP contribution in [0.25, 0.3) is 0 Å². The maximum atomic E-state index is 4.34. The van der Waals surface area contributed by atoms with Crippen molar-refractivity contribution in [2.45, 2.75) is 44.0 Å². The van der Waals surface area contributed by atoms with E-state index in [1.54, 1.807) is 11.8 Å². The number of rotatable bonds is 4. The molecular formula is C8H15N3S. The summed E-state index contributed by atoms with van der Waals surface area (Å²) in [5, 5.41) is 8.45. The van der Waals surface area contributed by atoms with Crippen molar-refractivity contribution < 1.29 is 0 Å². The molecule has 0 saturated carbocycles. The van der Waals surface area contributed by atoms with Crippen molar-refractivity contribution in [3.63, 3.8) is 0 Å². The maximum Gasteiger partial charge on any atom is 0.208 e. The fourth-order valence-corrected chi connectivity index (χ4v) is 1.57. The third kappa shape index (κ3) is 2.85. The van der Waals surface area contributed by atoms with Gasteiger partial charge in [0.25, 0.3) is 0 Å². The molecule has 1 N–H and O–H groups in total. The number of aromatic nitrogens is 3. The van der Waals surface area contributed by atoms with E-state index in [9.17, 15) is 0 Å². The van der Waals surface area contributed by atoms with Crippen LogP contribution in [0.2, 0.25) is 0 Å². The topological polar surface area (TPSA) is 41.6 Å². The Kier molecular flexibility index (Phi) is 3.59. The predicted molar refractivity (Wildman–Crippen MR) is 51.4 cm³/mol. The zero-order valence-corrected chi connectivity index (χ0v) is 8.61. The molecule has 1 aromatic heterocycles. The van der Waals surface area contributed by atoms with E-state index < -0.39 is 0 Å². The lowest BCUT2D eigenvalue weighted by molar-refractivity contribution is 0.840.